The lowest BCUT2D eigenvalue weighted by molar-refractivity contribution is -0.105. The van der Waals surface area contributed by atoms with Gasteiger partial charge in [-0.1, -0.05) is 0 Å². The third-order valence-corrected chi connectivity index (χ3v) is 2.42. The van der Waals surface area contributed by atoms with Gasteiger partial charge in [-0.2, -0.15) is 5.11 Å². The predicted octanol–water partition coefficient (Wildman–Crippen LogP) is 2.83. The van der Waals surface area contributed by atoms with Crippen molar-refractivity contribution in [1.29, 1.82) is 0 Å². The maximum absolute atomic E-state index is 10.3. The molecule has 2 aromatic carbocycles. The summed E-state index contributed by atoms with van der Waals surface area (Å²) < 4.78 is 0. The van der Waals surface area contributed by atoms with Gasteiger partial charge in [0.25, 0.3) is 0 Å². The number of rotatable bonds is 4. The highest BCUT2D eigenvalue weighted by atomic mass is 16.1. The molecule has 0 aromatic heterocycles. The van der Waals surface area contributed by atoms with Crippen LogP contribution in [0.25, 0.3) is 0 Å². The van der Waals surface area contributed by atoms with Gasteiger partial charge in [-0.15, -0.1) is 5.11 Å². The van der Waals surface area contributed by atoms with E-state index in [4.69, 9.17) is 11.5 Å². The first-order chi connectivity index (χ1) is 9.19. The molecule has 0 fully saturated rings. The summed E-state index contributed by atoms with van der Waals surface area (Å²) in [7, 11) is 0. The number of carbonyl (C=O) groups excluding carboxylic acids is 1. The van der Waals surface area contributed by atoms with E-state index in [9.17, 15) is 4.79 Å². The molecule has 2 rings (SSSR count). The van der Waals surface area contributed by atoms with Crippen LogP contribution in [-0.2, 0) is 4.79 Å². The average molecular weight is 255 g/mol. The second kappa shape index (κ2) is 5.63. The molecule has 96 valence electrons. The molecule has 0 heterocycles. The Morgan fingerprint density at radius 2 is 1.74 bits per heavy atom. The van der Waals surface area contributed by atoms with Gasteiger partial charge in [0.15, 0.2) is 0 Å². The number of azo groups is 1. The average Bonchev–Trinajstić information content (AvgIpc) is 2.40. The standard InChI is InChI=1S/C13H13N5O/c14-9-1-6-13(12(15)7-9)18-17-11-4-2-10(3-5-11)16-8-19/h1-8H,14-15H2,(H,16,19). The summed E-state index contributed by atoms with van der Waals surface area (Å²) in [5, 5.41) is 10.6. The molecule has 0 aliphatic rings. The van der Waals surface area contributed by atoms with Gasteiger partial charge < -0.3 is 16.8 Å². The summed E-state index contributed by atoms with van der Waals surface area (Å²) >= 11 is 0. The highest BCUT2D eigenvalue weighted by Crippen LogP contribution is 2.26. The minimum Gasteiger partial charge on any atom is -0.399 e. The van der Waals surface area contributed by atoms with E-state index in [0.717, 1.165) is 0 Å². The summed E-state index contributed by atoms with van der Waals surface area (Å²) in [6.07, 6.45) is 0.617. The molecular formula is C13H13N5O. The smallest absolute Gasteiger partial charge is 0.211 e. The zero-order valence-electron chi connectivity index (χ0n) is 10.1. The summed E-state index contributed by atoms with van der Waals surface area (Å²) in [4.78, 5) is 10.3. The van der Waals surface area contributed by atoms with Crippen molar-refractivity contribution in [2.24, 2.45) is 10.2 Å². The fourth-order valence-corrected chi connectivity index (χ4v) is 1.47. The van der Waals surface area contributed by atoms with Gasteiger partial charge in [-0.3, -0.25) is 4.79 Å². The van der Waals surface area contributed by atoms with Gasteiger partial charge in [-0.05, 0) is 42.5 Å². The van der Waals surface area contributed by atoms with E-state index in [1.807, 2.05) is 0 Å². The molecule has 0 radical (unpaired) electrons. The highest BCUT2D eigenvalue weighted by molar-refractivity contribution is 5.72. The highest BCUT2D eigenvalue weighted by Gasteiger charge is 1.98. The molecule has 2 aromatic rings. The third-order valence-electron chi connectivity index (χ3n) is 2.42. The molecule has 0 saturated carbocycles. The molecular weight excluding hydrogens is 242 g/mol. The minimum absolute atomic E-state index is 0.475. The van der Waals surface area contributed by atoms with Crippen molar-refractivity contribution in [2.45, 2.75) is 0 Å². The van der Waals surface area contributed by atoms with Crippen LogP contribution in [0.15, 0.2) is 52.7 Å². The van der Waals surface area contributed by atoms with Crippen LogP contribution < -0.4 is 16.8 Å². The van der Waals surface area contributed by atoms with Gasteiger partial charge in [-0.25, -0.2) is 0 Å². The first-order valence-corrected chi connectivity index (χ1v) is 5.56. The largest absolute Gasteiger partial charge is 0.399 e. The number of hydrogen-bond acceptors (Lipinski definition) is 5. The first-order valence-electron chi connectivity index (χ1n) is 5.56. The Kier molecular flexibility index (Phi) is 3.72. The molecule has 0 unspecified atom stereocenters. The number of nitrogens with one attached hydrogen (secondary N) is 1. The Balaban J connectivity index is 2.15. The Morgan fingerprint density at radius 1 is 1.00 bits per heavy atom. The fourth-order valence-electron chi connectivity index (χ4n) is 1.47. The van der Waals surface area contributed by atoms with Crippen LogP contribution in [0.3, 0.4) is 0 Å². The summed E-state index contributed by atoms with van der Waals surface area (Å²) in [6.45, 7) is 0. The second-order valence-electron chi connectivity index (χ2n) is 3.83. The molecule has 19 heavy (non-hydrogen) atoms. The van der Waals surface area contributed by atoms with E-state index in [-0.39, 0.29) is 0 Å². The first kappa shape index (κ1) is 12.6. The molecule has 0 aliphatic carbocycles. The summed E-state index contributed by atoms with van der Waals surface area (Å²) in [5.74, 6) is 0. The lowest BCUT2D eigenvalue weighted by Crippen LogP contribution is -1.91. The van der Waals surface area contributed by atoms with E-state index in [0.29, 0.717) is 34.8 Å². The Labute approximate surface area is 110 Å². The summed E-state index contributed by atoms with van der Waals surface area (Å²) in [6, 6.07) is 12.0. The van der Waals surface area contributed by atoms with Crippen molar-refractivity contribution in [2.75, 3.05) is 16.8 Å². The lowest BCUT2D eigenvalue weighted by atomic mass is 10.2. The van der Waals surface area contributed by atoms with Gasteiger partial charge in [0, 0.05) is 11.4 Å². The number of benzene rings is 2. The van der Waals surface area contributed by atoms with E-state index in [2.05, 4.69) is 15.5 Å². The molecule has 0 spiro atoms. The number of amides is 1. The van der Waals surface area contributed by atoms with Crippen LogP contribution in [0.5, 0.6) is 0 Å². The third kappa shape index (κ3) is 3.29. The van der Waals surface area contributed by atoms with Crippen molar-refractivity contribution in [3.63, 3.8) is 0 Å². The number of nitrogens with two attached hydrogens (primary N) is 2. The molecule has 1 amide bonds. The van der Waals surface area contributed by atoms with Crippen molar-refractivity contribution < 1.29 is 4.79 Å². The Morgan fingerprint density at radius 3 is 2.37 bits per heavy atom. The molecule has 0 atom stereocenters. The Bertz CT molecular complexity index is 607. The van der Waals surface area contributed by atoms with Crippen molar-refractivity contribution in [3.8, 4) is 0 Å². The van der Waals surface area contributed by atoms with E-state index in [1.54, 1.807) is 42.5 Å². The van der Waals surface area contributed by atoms with Gasteiger partial charge in [0.05, 0.1) is 11.4 Å². The van der Waals surface area contributed by atoms with Crippen molar-refractivity contribution in [3.05, 3.63) is 42.5 Å². The Hall–Kier alpha value is -2.89. The maximum Gasteiger partial charge on any atom is 0.211 e. The molecule has 0 bridgehead atoms. The SMILES string of the molecule is Nc1ccc(N=Nc2ccc(NC=O)cc2)c(N)c1. The zero-order valence-corrected chi connectivity index (χ0v) is 10.1. The van der Waals surface area contributed by atoms with Crippen LogP contribution in [0.2, 0.25) is 0 Å². The normalized spacial score (nSPS) is 10.5. The lowest BCUT2D eigenvalue weighted by Gasteiger charge is -2.00. The van der Waals surface area contributed by atoms with Gasteiger partial charge in [0.1, 0.15) is 5.69 Å². The van der Waals surface area contributed by atoms with Crippen LogP contribution in [0.1, 0.15) is 0 Å². The molecule has 0 aliphatic heterocycles. The van der Waals surface area contributed by atoms with Crippen LogP contribution in [0, 0.1) is 0 Å². The fraction of sp³-hybridized carbons (Fsp3) is 0. The quantitative estimate of drug-likeness (QED) is 0.444. The minimum atomic E-state index is 0.475. The number of carbonyl (C=O) groups is 1. The van der Waals surface area contributed by atoms with Gasteiger partial charge >= 0.3 is 0 Å². The number of anilines is 3. The van der Waals surface area contributed by atoms with Crippen LogP contribution in [-0.4, -0.2) is 6.41 Å². The van der Waals surface area contributed by atoms with E-state index < -0.39 is 0 Å². The molecule has 6 heteroatoms. The molecule has 6 nitrogen and oxygen atoms in total. The molecule has 0 saturated heterocycles. The number of hydrogen-bond donors (Lipinski definition) is 3. The van der Waals surface area contributed by atoms with E-state index in [1.165, 1.54) is 0 Å². The summed E-state index contributed by atoms with van der Waals surface area (Å²) in [5.41, 5.74) is 14.3. The van der Waals surface area contributed by atoms with E-state index >= 15 is 0 Å². The van der Waals surface area contributed by atoms with Crippen LogP contribution in [0.4, 0.5) is 28.4 Å². The topological polar surface area (TPSA) is 106 Å². The molecule has 5 N–H and O–H groups in total. The van der Waals surface area contributed by atoms with Crippen molar-refractivity contribution >= 4 is 34.8 Å². The van der Waals surface area contributed by atoms with Gasteiger partial charge in [0.2, 0.25) is 6.41 Å². The predicted molar refractivity (Wildman–Crippen MR) is 75.6 cm³/mol. The maximum atomic E-state index is 10.3. The van der Waals surface area contributed by atoms with Crippen molar-refractivity contribution in [1.82, 2.24) is 0 Å². The number of nitrogens with zero attached hydrogens (tertiary/aromatic N) is 2. The number of nitrogen functional groups attached to an aromatic ring is 2. The zero-order chi connectivity index (χ0) is 13.7. The second-order valence-corrected chi connectivity index (χ2v) is 3.83. The van der Waals surface area contributed by atoms with Crippen LogP contribution >= 0.6 is 0 Å². The monoisotopic (exact) mass is 255 g/mol.